The highest BCUT2D eigenvalue weighted by Crippen LogP contribution is 2.19. The quantitative estimate of drug-likeness (QED) is 0.0343. The molecule has 0 heterocycles. The Morgan fingerprint density at radius 2 is 0.530 bits per heavy atom. The van der Waals surface area contributed by atoms with Crippen molar-refractivity contribution < 1.29 is 28.6 Å². The summed E-state index contributed by atoms with van der Waals surface area (Å²) in [7, 11) is 0. The van der Waals surface area contributed by atoms with Gasteiger partial charge in [-0.05, 0) is 37.0 Å². The molecule has 0 aliphatic rings. The second kappa shape index (κ2) is 51.3. The number of unbranched alkanes of at least 4 members (excludes halogenated alkanes) is 35. The Labute approximate surface area is 412 Å². The molecule has 0 aliphatic heterocycles. The van der Waals surface area contributed by atoms with E-state index in [1.807, 2.05) is 0 Å². The number of ether oxygens (including phenoxy) is 3. The highest BCUT2D eigenvalue weighted by atomic mass is 16.6. The molecule has 0 saturated carbocycles. The lowest BCUT2D eigenvalue weighted by Gasteiger charge is -2.18. The van der Waals surface area contributed by atoms with Gasteiger partial charge in [-0.25, -0.2) is 0 Å². The molecule has 0 amide bonds. The van der Waals surface area contributed by atoms with E-state index in [1.54, 1.807) is 0 Å². The summed E-state index contributed by atoms with van der Waals surface area (Å²) >= 11 is 0. The first-order valence-electron chi connectivity index (χ1n) is 29.6. The molecule has 0 aromatic rings. The molecule has 0 aromatic carbocycles. The van der Waals surface area contributed by atoms with Crippen molar-refractivity contribution in [1.29, 1.82) is 0 Å². The third kappa shape index (κ3) is 51.8. The maximum Gasteiger partial charge on any atom is 0.306 e. The van der Waals surface area contributed by atoms with Gasteiger partial charge in [0.25, 0.3) is 0 Å². The Morgan fingerprint density at radius 3 is 0.788 bits per heavy atom. The molecular weight excluding hydrogens is 817 g/mol. The summed E-state index contributed by atoms with van der Waals surface area (Å²) in [6, 6.07) is 0. The van der Waals surface area contributed by atoms with Crippen LogP contribution in [0.25, 0.3) is 0 Å². The summed E-state index contributed by atoms with van der Waals surface area (Å²) in [4.78, 5) is 38.1. The Morgan fingerprint density at radius 1 is 0.303 bits per heavy atom. The molecular formula is C60H116O6. The summed E-state index contributed by atoms with van der Waals surface area (Å²) in [6.07, 6.45) is 53.9. The Hall–Kier alpha value is -1.59. The van der Waals surface area contributed by atoms with E-state index < -0.39 is 6.10 Å². The van der Waals surface area contributed by atoms with Gasteiger partial charge >= 0.3 is 17.9 Å². The van der Waals surface area contributed by atoms with Crippen LogP contribution in [-0.2, 0) is 28.6 Å². The summed E-state index contributed by atoms with van der Waals surface area (Å²) in [5.74, 6) is 1.67. The van der Waals surface area contributed by atoms with Crippen LogP contribution in [0.4, 0.5) is 0 Å². The first-order chi connectivity index (χ1) is 32.1. The van der Waals surface area contributed by atoms with Gasteiger partial charge in [-0.3, -0.25) is 14.4 Å². The molecule has 0 aromatic heterocycles. The summed E-state index contributed by atoms with van der Waals surface area (Å²) in [5, 5.41) is 0. The lowest BCUT2D eigenvalue weighted by atomic mass is 10.00. The van der Waals surface area contributed by atoms with Crippen molar-refractivity contribution in [2.24, 2.45) is 17.8 Å². The van der Waals surface area contributed by atoms with Crippen molar-refractivity contribution in [2.75, 3.05) is 13.2 Å². The lowest BCUT2D eigenvalue weighted by molar-refractivity contribution is -0.167. The van der Waals surface area contributed by atoms with Crippen LogP contribution in [0.3, 0.4) is 0 Å². The molecule has 6 nitrogen and oxygen atoms in total. The van der Waals surface area contributed by atoms with Crippen molar-refractivity contribution in [2.45, 2.75) is 337 Å². The Balaban J connectivity index is 4.23. The van der Waals surface area contributed by atoms with Crippen LogP contribution in [0, 0.1) is 17.8 Å². The van der Waals surface area contributed by atoms with E-state index >= 15 is 0 Å². The lowest BCUT2D eigenvalue weighted by Crippen LogP contribution is -2.30. The van der Waals surface area contributed by atoms with E-state index in [1.165, 1.54) is 212 Å². The third-order valence-electron chi connectivity index (χ3n) is 14.0. The van der Waals surface area contributed by atoms with Gasteiger partial charge in [-0.1, -0.05) is 292 Å². The van der Waals surface area contributed by atoms with E-state index in [4.69, 9.17) is 14.2 Å². The maximum absolute atomic E-state index is 12.9. The zero-order valence-electron chi connectivity index (χ0n) is 45.5. The van der Waals surface area contributed by atoms with Crippen LogP contribution in [0.15, 0.2) is 0 Å². The largest absolute Gasteiger partial charge is 0.462 e. The van der Waals surface area contributed by atoms with E-state index in [9.17, 15) is 14.4 Å². The van der Waals surface area contributed by atoms with Gasteiger partial charge in [0.15, 0.2) is 6.10 Å². The topological polar surface area (TPSA) is 78.9 Å². The molecule has 0 saturated heterocycles. The summed E-state index contributed by atoms with van der Waals surface area (Å²) in [5.41, 5.74) is 0. The molecule has 1 unspecified atom stereocenters. The molecule has 66 heavy (non-hydrogen) atoms. The van der Waals surface area contributed by atoms with Crippen LogP contribution >= 0.6 is 0 Å². The van der Waals surface area contributed by atoms with Crippen LogP contribution in [0.1, 0.15) is 330 Å². The zero-order valence-corrected chi connectivity index (χ0v) is 45.5. The predicted molar refractivity (Wildman–Crippen MR) is 284 cm³/mol. The molecule has 0 N–H and O–H groups in total. The number of carbonyl (C=O) groups is 3. The number of hydrogen-bond donors (Lipinski definition) is 0. The molecule has 392 valence electrons. The van der Waals surface area contributed by atoms with Crippen molar-refractivity contribution in [1.82, 2.24) is 0 Å². The van der Waals surface area contributed by atoms with Crippen LogP contribution in [-0.4, -0.2) is 37.2 Å². The summed E-state index contributed by atoms with van der Waals surface area (Å²) < 4.78 is 16.9. The first kappa shape index (κ1) is 64.4. The molecule has 2 atom stereocenters. The molecule has 0 spiro atoms. The molecule has 0 radical (unpaired) electrons. The molecule has 6 heteroatoms. The normalized spacial score (nSPS) is 12.5. The fraction of sp³-hybridized carbons (Fsp3) is 0.950. The smallest absolute Gasteiger partial charge is 0.306 e. The zero-order chi connectivity index (χ0) is 48.4. The average Bonchev–Trinajstić information content (AvgIpc) is 3.29. The molecule has 0 bridgehead atoms. The Kier molecular flexibility index (Phi) is 50.0. The van der Waals surface area contributed by atoms with Gasteiger partial charge in [0, 0.05) is 19.3 Å². The standard InChI is InChI=1S/C60H116O6/c1-7-56(6)48-42-36-32-33-38-44-50-59(62)65-53-57(52-64-58(61)49-43-37-30-26-22-18-15-14-17-21-25-29-35-41-47-55(4)5)66-60(63)51-45-39-31-27-23-19-13-11-9-8-10-12-16-20-24-28-34-40-46-54(2)3/h54-57H,7-53H2,1-6H3/t56?,57-/m1/s1. The van der Waals surface area contributed by atoms with Crippen LogP contribution in [0.5, 0.6) is 0 Å². The highest BCUT2D eigenvalue weighted by Gasteiger charge is 2.19. The van der Waals surface area contributed by atoms with E-state index in [2.05, 4.69) is 41.5 Å². The van der Waals surface area contributed by atoms with Gasteiger partial charge in [-0.2, -0.15) is 0 Å². The monoisotopic (exact) mass is 933 g/mol. The van der Waals surface area contributed by atoms with Crippen molar-refractivity contribution >= 4 is 17.9 Å². The van der Waals surface area contributed by atoms with Crippen molar-refractivity contribution in [3.8, 4) is 0 Å². The molecule has 0 rings (SSSR count). The Bertz CT molecular complexity index is 1020. The summed E-state index contributed by atoms with van der Waals surface area (Å²) in [6.45, 7) is 13.8. The maximum atomic E-state index is 12.9. The fourth-order valence-electron chi connectivity index (χ4n) is 9.14. The SMILES string of the molecule is CCC(C)CCCCCCCCC(=O)OC[C@@H](COC(=O)CCCCCCCCCCCCCCCCC(C)C)OC(=O)CCCCCCCCCCCCCCCCCCCCC(C)C. The minimum Gasteiger partial charge on any atom is -0.462 e. The van der Waals surface area contributed by atoms with Crippen LogP contribution < -0.4 is 0 Å². The van der Waals surface area contributed by atoms with Gasteiger partial charge in [0.1, 0.15) is 13.2 Å². The minimum atomic E-state index is -0.764. The van der Waals surface area contributed by atoms with Crippen molar-refractivity contribution in [3.63, 3.8) is 0 Å². The fourth-order valence-corrected chi connectivity index (χ4v) is 9.14. The highest BCUT2D eigenvalue weighted by molar-refractivity contribution is 5.71. The molecule has 0 aliphatic carbocycles. The number of hydrogen-bond acceptors (Lipinski definition) is 6. The predicted octanol–water partition coefficient (Wildman–Crippen LogP) is 19.5. The number of esters is 3. The van der Waals surface area contributed by atoms with Gasteiger partial charge in [0.2, 0.25) is 0 Å². The second-order valence-electron chi connectivity index (χ2n) is 21.8. The van der Waals surface area contributed by atoms with Gasteiger partial charge < -0.3 is 14.2 Å². The van der Waals surface area contributed by atoms with Crippen LogP contribution in [0.2, 0.25) is 0 Å². The van der Waals surface area contributed by atoms with Gasteiger partial charge in [0.05, 0.1) is 0 Å². The third-order valence-corrected chi connectivity index (χ3v) is 14.0. The average molecular weight is 934 g/mol. The van der Waals surface area contributed by atoms with E-state index in [0.717, 1.165) is 75.5 Å². The van der Waals surface area contributed by atoms with Crippen molar-refractivity contribution in [3.05, 3.63) is 0 Å². The molecule has 0 fully saturated rings. The minimum absolute atomic E-state index is 0.0641. The van der Waals surface area contributed by atoms with Gasteiger partial charge in [-0.15, -0.1) is 0 Å². The van der Waals surface area contributed by atoms with E-state index in [0.29, 0.717) is 19.3 Å². The second-order valence-corrected chi connectivity index (χ2v) is 21.8. The van der Waals surface area contributed by atoms with E-state index in [-0.39, 0.29) is 31.1 Å². The first-order valence-corrected chi connectivity index (χ1v) is 29.6. The number of carbonyl (C=O) groups excluding carboxylic acids is 3. The number of rotatable bonds is 53.